The Bertz CT molecular complexity index is 670. The third kappa shape index (κ3) is 6.41. The maximum absolute atomic E-state index is 11.9. The molecule has 2 atom stereocenters. The molecule has 6 heteroatoms. The normalized spacial score (nSPS) is 19.6. The van der Waals surface area contributed by atoms with Crippen molar-refractivity contribution in [3.63, 3.8) is 0 Å². The Labute approximate surface area is 148 Å². The molecule has 2 rings (SSSR count). The van der Waals surface area contributed by atoms with Crippen molar-refractivity contribution in [3.8, 4) is 0 Å². The zero-order valence-corrected chi connectivity index (χ0v) is 14.7. The van der Waals surface area contributed by atoms with Crippen LogP contribution >= 0.6 is 0 Å². The molecule has 3 N–H and O–H groups in total. The summed E-state index contributed by atoms with van der Waals surface area (Å²) in [4.78, 5) is 34.8. The molecular formula is C19H25N3O3. The molecule has 0 radical (unpaired) electrons. The molecule has 0 spiro atoms. The number of benzene rings is 1. The van der Waals surface area contributed by atoms with Crippen molar-refractivity contribution in [1.82, 2.24) is 16.2 Å². The lowest BCUT2D eigenvalue weighted by Gasteiger charge is -2.12. The Hall–Kier alpha value is -2.63. The zero-order chi connectivity index (χ0) is 18.2. The molecule has 0 heterocycles. The van der Waals surface area contributed by atoms with Gasteiger partial charge in [0.1, 0.15) is 0 Å². The molecule has 1 aromatic rings. The van der Waals surface area contributed by atoms with Crippen molar-refractivity contribution in [2.45, 2.75) is 45.6 Å². The highest BCUT2D eigenvalue weighted by molar-refractivity contribution is 5.93. The Balaban J connectivity index is 1.70. The molecule has 1 aliphatic rings. The number of hydrazine groups is 1. The first kappa shape index (κ1) is 18.7. The molecule has 1 fully saturated rings. The fourth-order valence-electron chi connectivity index (χ4n) is 3.10. The van der Waals surface area contributed by atoms with Crippen LogP contribution in [0.3, 0.4) is 0 Å². The molecule has 1 aromatic carbocycles. The van der Waals surface area contributed by atoms with Gasteiger partial charge >= 0.3 is 0 Å². The predicted molar refractivity (Wildman–Crippen MR) is 96.1 cm³/mol. The first-order valence-corrected chi connectivity index (χ1v) is 8.53. The highest BCUT2D eigenvalue weighted by Gasteiger charge is 2.26. The Morgan fingerprint density at radius 2 is 1.92 bits per heavy atom. The summed E-state index contributed by atoms with van der Waals surface area (Å²) in [6, 6.07) is 7.88. The molecule has 0 bridgehead atoms. The summed E-state index contributed by atoms with van der Waals surface area (Å²) in [6.45, 7) is 3.47. The van der Waals surface area contributed by atoms with Gasteiger partial charge in [-0.05, 0) is 49.3 Å². The number of hydrogen-bond donors (Lipinski definition) is 3. The molecule has 25 heavy (non-hydrogen) atoms. The largest absolute Gasteiger partial charge is 0.354 e. The van der Waals surface area contributed by atoms with E-state index < -0.39 is 0 Å². The van der Waals surface area contributed by atoms with Gasteiger partial charge in [0.05, 0.1) is 0 Å². The second-order valence-electron chi connectivity index (χ2n) is 6.51. The van der Waals surface area contributed by atoms with Gasteiger partial charge in [-0.25, -0.2) is 0 Å². The lowest BCUT2D eigenvalue weighted by molar-refractivity contribution is -0.127. The number of aryl methyl sites for hydroxylation is 1. The van der Waals surface area contributed by atoms with E-state index in [-0.39, 0.29) is 29.7 Å². The van der Waals surface area contributed by atoms with Gasteiger partial charge in [0.15, 0.2) is 0 Å². The van der Waals surface area contributed by atoms with E-state index in [1.165, 1.54) is 13.0 Å². The molecule has 134 valence electrons. The van der Waals surface area contributed by atoms with E-state index in [1.807, 2.05) is 31.2 Å². The van der Waals surface area contributed by atoms with Crippen LogP contribution in [-0.4, -0.2) is 23.8 Å². The Morgan fingerprint density at radius 1 is 1.16 bits per heavy atom. The SMILES string of the molecule is CC(=O)N[C@H]1CC[C@@H](CC(=O)NNC(=O)/C=C/c2ccccc2C)C1. The van der Waals surface area contributed by atoms with Crippen molar-refractivity contribution in [1.29, 1.82) is 0 Å². The van der Waals surface area contributed by atoms with Crippen LogP contribution in [-0.2, 0) is 14.4 Å². The van der Waals surface area contributed by atoms with Crippen LogP contribution in [0.1, 0.15) is 43.7 Å². The fraction of sp³-hybridized carbons (Fsp3) is 0.421. The van der Waals surface area contributed by atoms with Crippen molar-refractivity contribution in [3.05, 3.63) is 41.5 Å². The van der Waals surface area contributed by atoms with E-state index in [9.17, 15) is 14.4 Å². The number of rotatable bonds is 5. The quantitative estimate of drug-likeness (QED) is 0.563. The fourth-order valence-corrected chi connectivity index (χ4v) is 3.10. The molecule has 0 aliphatic heterocycles. The van der Waals surface area contributed by atoms with Crippen LogP contribution in [0.5, 0.6) is 0 Å². The van der Waals surface area contributed by atoms with Gasteiger partial charge in [0.2, 0.25) is 11.8 Å². The van der Waals surface area contributed by atoms with Crippen molar-refractivity contribution >= 4 is 23.8 Å². The van der Waals surface area contributed by atoms with E-state index in [0.29, 0.717) is 6.42 Å². The molecule has 3 amide bonds. The van der Waals surface area contributed by atoms with E-state index in [0.717, 1.165) is 30.4 Å². The maximum Gasteiger partial charge on any atom is 0.262 e. The highest BCUT2D eigenvalue weighted by Crippen LogP contribution is 2.28. The van der Waals surface area contributed by atoms with E-state index in [1.54, 1.807) is 6.08 Å². The van der Waals surface area contributed by atoms with Crippen LogP contribution in [0, 0.1) is 12.8 Å². The molecule has 6 nitrogen and oxygen atoms in total. The third-order valence-electron chi connectivity index (χ3n) is 4.35. The zero-order valence-electron chi connectivity index (χ0n) is 14.7. The second-order valence-corrected chi connectivity index (χ2v) is 6.51. The lowest BCUT2D eigenvalue weighted by Crippen LogP contribution is -2.41. The second kappa shape index (κ2) is 9.01. The molecule has 0 saturated heterocycles. The van der Waals surface area contributed by atoms with Gasteiger partial charge in [-0.3, -0.25) is 25.2 Å². The van der Waals surface area contributed by atoms with Crippen LogP contribution in [0.4, 0.5) is 0 Å². The van der Waals surface area contributed by atoms with E-state index in [4.69, 9.17) is 0 Å². The van der Waals surface area contributed by atoms with Gasteiger partial charge < -0.3 is 5.32 Å². The van der Waals surface area contributed by atoms with Crippen LogP contribution in [0.2, 0.25) is 0 Å². The topological polar surface area (TPSA) is 87.3 Å². The summed E-state index contributed by atoms with van der Waals surface area (Å²) in [6.07, 6.45) is 6.05. The van der Waals surface area contributed by atoms with Crippen molar-refractivity contribution in [2.24, 2.45) is 5.92 Å². The van der Waals surface area contributed by atoms with Crippen LogP contribution in [0.25, 0.3) is 6.08 Å². The summed E-state index contributed by atoms with van der Waals surface area (Å²) in [5.74, 6) is -0.399. The standard InChI is InChI=1S/C19H25N3O3/c1-13-5-3-4-6-16(13)8-10-18(24)21-22-19(25)12-15-7-9-17(11-15)20-14(2)23/h3-6,8,10,15,17H,7,9,11-12H2,1-2H3,(H,20,23)(H,21,24)(H,22,25)/b10-8+/t15-,17+/m1/s1. The first-order chi connectivity index (χ1) is 11.9. The number of amides is 3. The van der Waals surface area contributed by atoms with Crippen molar-refractivity contribution in [2.75, 3.05) is 0 Å². The highest BCUT2D eigenvalue weighted by atomic mass is 16.2. The van der Waals surface area contributed by atoms with Gasteiger partial charge in [-0.15, -0.1) is 0 Å². The average Bonchev–Trinajstić information content (AvgIpc) is 2.98. The first-order valence-electron chi connectivity index (χ1n) is 8.53. The van der Waals surface area contributed by atoms with E-state index in [2.05, 4.69) is 16.2 Å². The minimum absolute atomic E-state index is 0.0391. The molecular weight excluding hydrogens is 318 g/mol. The van der Waals surface area contributed by atoms with Gasteiger partial charge in [0, 0.05) is 25.5 Å². The predicted octanol–water partition coefficient (Wildman–Crippen LogP) is 1.85. The Kier molecular flexibility index (Phi) is 6.74. The number of carbonyl (C=O) groups is 3. The monoisotopic (exact) mass is 343 g/mol. The van der Waals surface area contributed by atoms with Gasteiger partial charge in [-0.1, -0.05) is 24.3 Å². The van der Waals surface area contributed by atoms with Crippen molar-refractivity contribution < 1.29 is 14.4 Å². The number of hydrogen-bond acceptors (Lipinski definition) is 3. The molecule has 0 unspecified atom stereocenters. The Morgan fingerprint density at radius 3 is 2.64 bits per heavy atom. The van der Waals surface area contributed by atoms with Gasteiger partial charge in [0.25, 0.3) is 5.91 Å². The lowest BCUT2D eigenvalue weighted by atomic mass is 10.0. The summed E-state index contributed by atoms with van der Waals surface area (Å²) in [5, 5.41) is 2.88. The summed E-state index contributed by atoms with van der Waals surface area (Å²) in [7, 11) is 0. The smallest absolute Gasteiger partial charge is 0.262 e. The summed E-state index contributed by atoms with van der Waals surface area (Å²) in [5.41, 5.74) is 6.87. The van der Waals surface area contributed by atoms with Crippen LogP contribution < -0.4 is 16.2 Å². The average molecular weight is 343 g/mol. The number of nitrogens with one attached hydrogen (secondary N) is 3. The van der Waals surface area contributed by atoms with Crippen LogP contribution in [0.15, 0.2) is 30.3 Å². The third-order valence-corrected chi connectivity index (χ3v) is 4.35. The number of carbonyl (C=O) groups excluding carboxylic acids is 3. The molecule has 1 aliphatic carbocycles. The van der Waals surface area contributed by atoms with Gasteiger partial charge in [-0.2, -0.15) is 0 Å². The van der Waals surface area contributed by atoms with E-state index >= 15 is 0 Å². The summed E-state index contributed by atoms with van der Waals surface area (Å²) >= 11 is 0. The minimum atomic E-state index is -0.376. The summed E-state index contributed by atoms with van der Waals surface area (Å²) < 4.78 is 0. The maximum atomic E-state index is 11.9. The molecule has 1 saturated carbocycles. The minimum Gasteiger partial charge on any atom is -0.354 e. The molecule has 0 aromatic heterocycles.